The molecule has 0 fully saturated rings. The lowest BCUT2D eigenvalue weighted by Crippen LogP contribution is -2.31. The van der Waals surface area contributed by atoms with Crippen LogP contribution in [0, 0.1) is 5.82 Å². The molecule has 106 valence electrons. The molecule has 0 atom stereocenters. The number of rotatable bonds is 5. The number of benzene rings is 1. The van der Waals surface area contributed by atoms with Gasteiger partial charge in [0.05, 0.1) is 18.0 Å². The predicted molar refractivity (Wildman–Crippen MR) is 76.3 cm³/mol. The molecule has 1 heterocycles. The van der Waals surface area contributed by atoms with Gasteiger partial charge < -0.3 is 0 Å². The molecule has 0 N–H and O–H groups in total. The fourth-order valence-electron chi connectivity index (χ4n) is 1.77. The summed E-state index contributed by atoms with van der Waals surface area (Å²) in [4.78, 5) is 3.97. The van der Waals surface area contributed by atoms with E-state index in [0.29, 0.717) is 5.69 Å². The van der Waals surface area contributed by atoms with Crippen LogP contribution < -0.4 is 4.31 Å². The molecule has 0 saturated carbocycles. The highest BCUT2D eigenvalue weighted by atomic mass is 32.2. The van der Waals surface area contributed by atoms with Gasteiger partial charge in [-0.2, -0.15) is 0 Å². The standard InChI is InChI=1S/C14H15FN2O2S/c1-2-20(18,19)17(11-12-4-3-9-16-10-12)14-7-5-13(15)6-8-14/h3-10H,2,11H2,1H3. The van der Waals surface area contributed by atoms with E-state index >= 15 is 0 Å². The third kappa shape index (κ3) is 3.33. The Bertz CT molecular complexity index is 657. The Balaban J connectivity index is 2.38. The van der Waals surface area contributed by atoms with Crippen LogP contribution in [0.25, 0.3) is 0 Å². The SMILES string of the molecule is CCS(=O)(=O)N(Cc1cccnc1)c1ccc(F)cc1. The molecule has 2 aromatic rings. The second-order valence-electron chi connectivity index (χ2n) is 4.24. The van der Waals surface area contributed by atoms with Gasteiger partial charge in [0.15, 0.2) is 0 Å². The summed E-state index contributed by atoms with van der Waals surface area (Å²) in [5, 5.41) is 0. The Morgan fingerprint density at radius 2 is 1.90 bits per heavy atom. The minimum atomic E-state index is -3.44. The van der Waals surface area contributed by atoms with Crippen LogP contribution in [0.15, 0.2) is 48.8 Å². The molecule has 20 heavy (non-hydrogen) atoms. The first-order valence-corrected chi connectivity index (χ1v) is 7.79. The summed E-state index contributed by atoms with van der Waals surface area (Å²) in [6, 6.07) is 8.96. The van der Waals surface area contributed by atoms with Crippen molar-refractivity contribution in [3.05, 3.63) is 60.2 Å². The van der Waals surface area contributed by atoms with E-state index in [-0.39, 0.29) is 12.3 Å². The molecular formula is C14H15FN2O2S. The maximum atomic E-state index is 13.0. The van der Waals surface area contributed by atoms with Crippen LogP contribution in [0.5, 0.6) is 0 Å². The Labute approximate surface area is 117 Å². The van der Waals surface area contributed by atoms with E-state index < -0.39 is 15.8 Å². The smallest absolute Gasteiger partial charge is 0.235 e. The largest absolute Gasteiger partial charge is 0.266 e. The molecule has 0 unspecified atom stereocenters. The molecule has 0 aliphatic carbocycles. The second kappa shape index (κ2) is 6.00. The van der Waals surface area contributed by atoms with E-state index in [0.717, 1.165) is 5.56 Å². The Hall–Kier alpha value is -1.95. The van der Waals surface area contributed by atoms with Crippen LogP contribution >= 0.6 is 0 Å². The van der Waals surface area contributed by atoms with Crippen molar-refractivity contribution < 1.29 is 12.8 Å². The van der Waals surface area contributed by atoms with Crippen LogP contribution in [0.2, 0.25) is 0 Å². The number of hydrogen-bond donors (Lipinski definition) is 0. The third-order valence-corrected chi connectivity index (χ3v) is 4.61. The quantitative estimate of drug-likeness (QED) is 0.851. The van der Waals surface area contributed by atoms with Gasteiger partial charge in [-0.15, -0.1) is 0 Å². The van der Waals surface area contributed by atoms with Gasteiger partial charge in [0, 0.05) is 12.4 Å². The third-order valence-electron chi connectivity index (χ3n) is 2.86. The zero-order valence-electron chi connectivity index (χ0n) is 11.0. The van der Waals surface area contributed by atoms with Crippen molar-refractivity contribution in [2.45, 2.75) is 13.5 Å². The van der Waals surface area contributed by atoms with Crippen LogP contribution in [0.1, 0.15) is 12.5 Å². The first kappa shape index (κ1) is 14.5. The summed E-state index contributed by atoms with van der Waals surface area (Å²) < 4.78 is 38.6. The maximum Gasteiger partial charge on any atom is 0.235 e. The molecule has 6 heteroatoms. The number of pyridine rings is 1. The summed E-state index contributed by atoms with van der Waals surface area (Å²) >= 11 is 0. The fraction of sp³-hybridized carbons (Fsp3) is 0.214. The van der Waals surface area contributed by atoms with Crippen LogP contribution in [-0.2, 0) is 16.6 Å². The lowest BCUT2D eigenvalue weighted by atomic mass is 10.2. The molecule has 1 aromatic carbocycles. The normalized spacial score (nSPS) is 11.3. The van der Waals surface area contributed by atoms with Crippen molar-refractivity contribution in [3.8, 4) is 0 Å². The van der Waals surface area contributed by atoms with Crippen LogP contribution in [0.4, 0.5) is 10.1 Å². The molecule has 0 aliphatic rings. The Morgan fingerprint density at radius 3 is 2.45 bits per heavy atom. The van der Waals surface area contributed by atoms with E-state index in [1.807, 2.05) is 0 Å². The minimum absolute atomic E-state index is 0.0232. The number of hydrogen-bond acceptors (Lipinski definition) is 3. The average molecular weight is 294 g/mol. The van der Waals surface area contributed by atoms with Gasteiger partial charge >= 0.3 is 0 Å². The molecule has 0 saturated heterocycles. The van der Waals surface area contributed by atoms with Crippen molar-refractivity contribution >= 4 is 15.7 Å². The number of sulfonamides is 1. The van der Waals surface area contributed by atoms with E-state index in [1.165, 1.54) is 28.6 Å². The molecule has 0 spiro atoms. The number of halogens is 1. The first-order chi connectivity index (χ1) is 9.53. The molecule has 1 aromatic heterocycles. The van der Waals surface area contributed by atoms with Crippen LogP contribution in [0.3, 0.4) is 0 Å². The lowest BCUT2D eigenvalue weighted by molar-refractivity contribution is 0.591. The maximum absolute atomic E-state index is 13.0. The molecule has 0 radical (unpaired) electrons. The van der Waals surface area contributed by atoms with Gasteiger partial charge in [0.2, 0.25) is 10.0 Å². The fourth-order valence-corrected chi connectivity index (χ4v) is 2.87. The van der Waals surface area contributed by atoms with E-state index in [1.54, 1.807) is 31.5 Å². The second-order valence-corrected chi connectivity index (χ2v) is 6.43. The van der Waals surface area contributed by atoms with E-state index in [4.69, 9.17) is 0 Å². The van der Waals surface area contributed by atoms with Crippen molar-refractivity contribution in [3.63, 3.8) is 0 Å². The van der Waals surface area contributed by atoms with Crippen molar-refractivity contribution in [1.82, 2.24) is 4.98 Å². The molecule has 2 rings (SSSR count). The summed E-state index contributed by atoms with van der Waals surface area (Å²) in [6.07, 6.45) is 3.24. The molecule has 4 nitrogen and oxygen atoms in total. The summed E-state index contributed by atoms with van der Waals surface area (Å²) in [5.74, 6) is -0.422. The molecule has 0 aliphatic heterocycles. The topological polar surface area (TPSA) is 50.3 Å². The van der Waals surface area contributed by atoms with Gasteiger partial charge in [-0.3, -0.25) is 9.29 Å². The summed E-state index contributed by atoms with van der Waals surface area (Å²) in [5.41, 5.74) is 1.21. The van der Waals surface area contributed by atoms with Crippen LogP contribution in [-0.4, -0.2) is 19.2 Å². The van der Waals surface area contributed by atoms with Crippen molar-refractivity contribution in [1.29, 1.82) is 0 Å². The van der Waals surface area contributed by atoms with Crippen molar-refractivity contribution in [2.75, 3.05) is 10.1 Å². The number of aromatic nitrogens is 1. The van der Waals surface area contributed by atoms with Crippen molar-refractivity contribution in [2.24, 2.45) is 0 Å². The average Bonchev–Trinajstić information content (AvgIpc) is 2.47. The molecular weight excluding hydrogens is 279 g/mol. The molecule has 0 bridgehead atoms. The molecule has 0 amide bonds. The highest BCUT2D eigenvalue weighted by molar-refractivity contribution is 7.92. The highest BCUT2D eigenvalue weighted by Crippen LogP contribution is 2.21. The Morgan fingerprint density at radius 1 is 1.20 bits per heavy atom. The van der Waals surface area contributed by atoms with Gasteiger partial charge in [-0.25, -0.2) is 12.8 Å². The summed E-state index contributed by atoms with van der Waals surface area (Å²) in [6.45, 7) is 1.75. The first-order valence-electron chi connectivity index (χ1n) is 6.18. The zero-order chi connectivity index (χ0) is 14.6. The zero-order valence-corrected chi connectivity index (χ0v) is 11.8. The van der Waals surface area contributed by atoms with Gasteiger partial charge in [0.25, 0.3) is 0 Å². The predicted octanol–water partition coefficient (Wildman–Crippen LogP) is 2.58. The lowest BCUT2D eigenvalue weighted by Gasteiger charge is -2.23. The van der Waals surface area contributed by atoms with Gasteiger partial charge in [0.1, 0.15) is 5.82 Å². The Kier molecular flexibility index (Phi) is 4.34. The van der Waals surface area contributed by atoms with E-state index in [9.17, 15) is 12.8 Å². The van der Waals surface area contributed by atoms with Gasteiger partial charge in [-0.1, -0.05) is 6.07 Å². The summed E-state index contributed by atoms with van der Waals surface area (Å²) in [7, 11) is -3.44. The highest BCUT2D eigenvalue weighted by Gasteiger charge is 2.20. The number of nitrogens with zero attached hydrogens (tertiary/aromatic N) is 2. The van der Waals surface area contributed by atoms with E-state index in [2.05, 4.69) is 4.98 Å². The van der Waals surface area contributed by atoms with Gasteiger partial charge in [-0.05, 0) is 42.8 Å². The monoisotopic (exact) mass is 294 g/mol. The number of anilines is 1. The minimum Gasteiger partial charge on any atom is -0.266 e.